The summed E-state index contributed by atoms with van der Waals surface area (Å²) in [7, 11) is 1.61. The van der Waals surface area contributed by atoms with Gasteiger partial charge in [-0.2, -0.15) is 0 Å². The molecule has 29 heavy (non-hydrogen) atoms. The predicted molar refractivity (Wildman–Crippen MR) is 113 cm³/mol. The van der Waals surface area contributed by atoms with E-state index in [1.54, 1.807) is 43.5 Å². The smallest absolute Gasteiger partial charge is 0.235 e. The monoisotopic (exact) mass is 419 g/mol. The second kappa shape index (κ2) is 9.59. The lowest BCUT2D eigenvalue weighted by Gasteiger charge is -2.36. The summed E-state index contributed by atoms with van der Waals surface area (Å²) in [6.45, 7) is 2.33. The van der Waals surface area contributed by atoms with E-state index >= 15 is 0 Å². The van der Waals surface area contributed by atoms with Gasteiger partial charge in [-0.15, -0.1) is 0 Å². The van der Waals surface area contributed by atoms with E-state index in [0.717, 1.165) is 19.3 Å². The molecule has 2 aromatic rings. The van der Waals surface area contributed by atoms with Crippen LogP contribution in [0.5, 0.6) is 5.75 Å². The van der Waals surface area contributed by atoms with Crippen molar-refractivity contribution in [2.24, 2.45) is 0 Å². The molecule has 1 atom stereocenters. The lowest BCUT2D eigenvalue weighted by molar-refractivity contribution is -0.122. The minimum Gasteiger partial charge on any atom is -0.487 e. The Morgan fingerprint density at radius 3 is 2.59 bits per heavy atom. The maximum atomic E-state index is 14.6. The molecule has 156 valence electrons. The van der Waals surface area contributed by atoms with Gasteiger partial charge in [-0.05, 0) is 44.0 Å². The molecule has 6 heteroatoms. The SMILES string of the molecule is COCC(C)Oc1ccc(NC(=O)C2(c3ccccc3F)CCCCC2)cc1Cl. The van der Waals surface area contributed by atoms with Gasteiger partial charge in [-0.1, -0.05) is 49.1 Å². The molecule has 1 aliphatic rings. The van der Waals surface area contributed by atoms with Crippen molar-refractivity contribution in [2.75, 3.05) is 19.0 Å². The molecule has 1 amide bonds. The maximum Gasteiger partial charge on any atom is 0.235 e. The van der Waals surface area contributed by atoms with E-state index in [4.69, 9.17) is 21.1 Å². The number of ether oxygens (including phenoxy) is 2. The Kier molecular flexibility index (Phi) is 7.14. The Hall–Kier alpha value is -2.11. The molecule has 1 aliphatic carbocycles. The summed E-state index contributed by atoms with van der Waals surface area (Å²) in [6.07, 6.45) is 3.96. The highest BCUT2D eigenvalue weighted by Crippen LogP contribution is 2.42. The number of benzene rings is 2. The molecule has 2 aromatic carbocycles. The minimum atomic E-state index is -0.863. The third kappa shape index (κ3) is 4.90. The topological polar surface area (TPSA) is 47.6 Å². The zero-order chi connectivity index (χ0) is 20.9. The van der Waals surface area contributed by atoms with Gasteiger partial charge in [0.1, 0.15) is 17.7 Å². The molecule has 0 radical (unpaired) electrons. The molecular formula is C23H27ClFNO3. The van der Waals surface area contributed by atoms with Gasteiger partial charge in [-0.25, -0.2) is 4.39 Å². The van der Waals surface area contributed by atoms with Crippen molar-refractivity contribution in [3.8, 4) is 5.75 Å². The van der Waals surface area contributed by atoms with Crippen LogP contribution in [0, 0.1) is 5.82 Å². The number of nitrogens with one attached hydrogen (secondary N) is 1. The van der Waals surface area contributed by atoms with Crippen molar-refractivity contribution in [3.05, 3.63) is 58.9 Å². The second-order valence-electron chi connectivity index (χ2n) is 7.61. The van der Waals surface area contributed by atoms with Crippen LogP contribution in [0.2, 0.25) is 5.02 Å². The number of anilines is 1. The molecule has 1 N–H and O–H groups in total. The van der Waals surface area contributed by atoms with Gasteiger partial charge in [0, 0.05) is 18.4 Å². The highest BCUT2D eigenvalue weighted by molar-refractivity contribution is 6.32. The van der Waals surface area contributed by atoms with Gasteiger partial charge < -0.3 is 14.8 Å². The third-order valence-corrected chi connectivity index (χ3v) is 5.75. The molecule has 3 rings (SSSR count). The summed E-state index contributed by atoms with van der Waals surface area (Å²) in [6, 6.07) is 11.7. The average molecular weight is 420 g/mol. The molecule has 1 saturated carbocycles. The number of carbonyl (C=O) groups is 1. The summed E-state index contributed by atoms with van der Waals surface area (Å²) < 4.78 is 25.4. The zero-order valence-electron chi connectivity index (χ0n) is 16.8. The number of methoxy groups -OCH3 is 1. The van der Waals surface area contributed by atoms with E-state index < -0.39 is 5.41 Å². The highest BCUT2D eigenvalue weighted by atomic mass is 35.5. The van der Waals surface area contributed by atoms with Crippen LogP contribution in [0.25, 0.3) is 0 Å². The maximum absolute atomic E-state index is 14.6. The fourth-order valence-corrected chi connectivity index (χ4v) is 4.26. The Morgan fingerprint density at radius 1 is 1.21 bits per heavy atom. The van der Waals surface area contributed by atoms with Gasteiger partial charge in [0.25, 0.3) is 0 Å². The lowest BCUT2D eigenvalue weighted by Crippen LogP contribution is -2.42. The first-order chi connectivity index (χ1) is 14.0. The normalized spacial score (nSPS) is 16.8. The van der Waals surface area contributed by atoms with Crippen molar-refractivity contribution in [2.45, 2.75) is 50.5 Å². The quantitative estimate of drug-likeness (QED) is 0.623. The number of hydrogen-bond acceptors (Lipinski definition) is 3. The van der Waals surface area contributed by atoms with Gasteiger partial charge in [0.05, 0.1) is 17.0 Å². The van der Waals surface area contributed by atoms with E-state index in [1.165, 1.54) is 6.07 Å². The average Bonchev–Trinajstić information content (AvgIpc) is 2.71. The molecular weight excluding hydrogens is 393 g/mol. The number of carbonyl (C=O) groups excluding carboxylic acids is 1. The van der Waals surface area contributed by atoms with Gasteiger partial charge in [-0.3, -0.25) is 4.79 Å². The molecule has 0 bridgehead atoms. The van der Waals surface area contributed by atoms with Crippen molar-refractivity contribution in [3.63, 3.8) is 0 Å². The van der Waals surface area contributed by atoms with Crippen LogP contribution in [0.1, 0.15) is 44.6 Å². The molecule has 1 fully saturated rings. The van der Waals surface area contributed by atoms with Gasteiger partial charge >= 0.3 is 0 Å². The van der Waals surface area contributed by atoms with Gasteiger partial charge in [0.15, 0.2) is 0 Å². The van der Waals surface area contributed by atoms with E-state index in [2.05, 4.69) is 5.32 Å². The van der Waals surface area contributed by atoms with Crippen LogP contribution in [-0.4, -0.2) is 25.7 Å². The summed E-state index contributed by atoms with van der Waals surface area (Å²) >= 11 is 6.34. The largest absolute Gasteiger partial charge is 0.487 e. The summed E-state index contributed by atoms with van der Waals surface area (Å²) in [5.74, 6) is -0.00561. The Labute approximate surface area is 176 Å². The summed E-state index contributed by atoms with van der Waals surface area (Å²) in [5.41, 5.74) is 0.169. The molecule has 0 aromatic heterocycles. The van der Waals surface area contributed by atoms with E-state index in [0.29, 0.717) is 41.5 Å². The predicted octanol–water partition coefficient (Wildman–Crippen LogP) is 5.73. The number of rotatable bonds is 7. The highest BCUT2D eigenvalue weighted by Gasteiger charge is 2.42. The van der Waals surface area contributed by atoms with Crippen molar-refractivity contribution < 1.29 is 18.7 Å². The molecule has 4 nitrogen and oxygen atoms in total. The fraction of sp³-hybridized carbons (Fsp3) is 0.435. The zero-order valence-corrected chi connectivity index (χ0v) is 17.6. The third-order valence-electron chi connectivity index (χ3n) is 5.45. The van der Waals surface area contributed by atoms with Crippen LogP contribution >= 0.6 is 11.6 Å². The van der Waals surface area contributed by atoms with Crippen molar-refractivity contribution in [1.29, 1.82) is 0 Å². The van der Waals surface area contributed by atoms with Crippen LogP contribution in [-0.2, 0) is 14.9 Å². The molecule has 0 aliphatic heterocycles. The van der Waals surface area contributed by atoms with Crippen LogP contribution in [0.4, 0.5) is 10.1 Å². The van der Waals surface area contributed by atoms with Crippen LogP contribution < -0.4 is 10.1 Å². The van der Waals surface area contributed by atoms with E-state index in [9.17, 15) is 9.18 Å². The first-order valence-corrected chi connectivity index (χ1v) is 10.4. The molecule has 0 spiro atoms. The first-order valence-electron chi connectivity index (χ1n) is 9.98. The second-order valence-corrected chi connectivity index (χ2v) is 8.01. The van der Waals surface area contributed by atoms with Crippen molar-refractivity contribution in [1.82, 2.24) is 0 Å². The number of amides is 1. The molecule has 1 unspecified atom stereocenters. The Balaban J connectivity index is 1.82. The molecule has 0 heterocycles. The van der Waals surface area contributed by atoms with Gasteiger partial charge in [0.2, 0.25) is 5.91 Å². The fourth-order valence-electron chi connectivity index (χ4n) is 4.03. The Bertz CT molecular complexity index is 852. The Morgan fingerprint density at radius 2 is 1.93 bits per heavy atom. The first kappa shape index (κ1) is 21.6. The lowest BCUT2D eigenvalue weighted by atomic mass is 9.68. The van der Waals surface area contributed by atoms with Crippen LogP contribution in [0.15, 0.2) is 42.5 Å². The number of hydrogen-bond donors (Lipinski definition) is 1. The minimum absolute atomic E-state index is 0.149. The van der Waals surface area contributed by atoms with Crippen molar-refractivity contribution >= 4 is 23.2 Å². The van der Waals surface area contributed by atoms with E-state index in [1.807, 2.05) is 6.92 Å². The number of halogens is 2. The standard InChI is InChI=1S/C23H27ClFNO3/c1-16(15-28-2)29-21-11-10-17(14-19(21)24)26-22(27)23(12-6-3-7-13-23)18-8-4-5-9-20(18)25/h4-5,8-11,14,16H,3,6-7,12-13,15H2,1-2H3,(H,26,27). The molecule has 0 saturated heterocycles. The summed E-state index contributed by atoms with van der Waals surface area (Å²) in [5, 5.41) is 3.35. The summed E-state index contributed by atoms with van der Waals surface area (Å²) in [4.78, 5) is 13.3. The van der Waals surface area contributed by atoms with E-state index in [-0.39, 0.29) is 17.8 Å². The van der Waals surface area contributed by atoms with Crippen LogP contribution in [0.3, 0.4) is 0 Å².